The minimum atomic E-state index is -0.601. The van der Waals surface area contributed by atoms with Crippen molar-refractivity contribution in [3.63, 3.8) is 0 Å². The molecule has 0 bridgehead atoms. The second kappa shape index (κ2) is 6.64. The molecular formula is C17H16F2N2O2. The Bertz CT molecular complexity index is 721. The van der Waals surface area contributed by atoms with Gasteiger partial charge in [0.2, 0.25) is 5.91 Å². The number of rotatable bonds is 4. The van der Waals surface area contributed by atoms with Crippen molar-refractivity contribution in [2.45, 2.75) is 12.5 Å². The molecule has 0 radical (unpaired) electrons. The molecule has 0 aromatic heterocycles. The maximum absolute atomic E-state index is 13.5. The van der Waals surface area contributed by atoms with Gasteiger partial charge in [0.1, 0.15) is 17.4 Å². The molecule has 120 valence electrons. The van der Waals surface area contributed by atoms with Gasteiger partial charge in [-0.15, -0.1) is 0 Å². The lowest BCUT2D eigenvalue weighted by atomic mass is 10.0. The number of anilines is 1. The molecule has 1 amide bonds. The molecule has 1 unspecified atom stereocenters. The zero-order valence-corrected chi connectivity index (χ0v) is 12.3. The Morgan fingerprint density at radius 1 is 1.22 bits per heavy atom. The highest BCUT2D eigenvalue weighted by molar-refractivity contribution is 5.81. The average Bonchev–Trinajstić information content (AvgIpc) is 2.56. The van der Waals surface area contributed by atoms with Crippen molar-refractivity contribution >= 4 is 11.6 Å². The summed E-state index contributed by atoms with van der Waals surface area (Å²) in [7, 11) is 0. The number of carbonyl (C=O) groups is 1. The predicted octanol–water partition coefficient (Wildman–Crippen LogP) is 3.02. The van der Waals surface area contributed by atoms with Gasteiger partial charge in [0.05, 0.1) is 24.9 Å². The van der Waals surface area contributed by atoms with Crippen molar-refractivity contribution in [1.29, 1.82) is 0 Å². The summed E-state index contributed by atoms with van der Waals surface area (Å²) < 4.78 is 32.1. The fourth-order valence-corrected chi connectivity index (χ4v) is 2.55. The molecule has 2 aromatic rings. The fraction of sp³-hybridized carbons (Fsp3) is 0.235. The Morgan fingerprint density at radius 3 is 2.91 bits per heavy atom. The van der Waals surface area contributed by atoms with E-state index in [1.165, 1.54) is 0 Å². The fourth-order valence-electron chi connectivity index (χ4n) is 2.55. The van der Waals surface area contributed by atoms with Gasteiger partial charge in [0.15, 0.2) is 0 Å². The molecule has 2 N–H and O–H groups in total. The van der Waals surface area contributed by atoms with Crippen LogP contribution in [-0.4, -0.2) is 19.1 Å². The lowest BCUT2D eigenvalue weighted by Crippen LogP contribution is -2.35. The van der Waals surface area contributed by atoms with Crippen molar-refractivity contribution < 1.29 is 18.3 Å². The van der Waals surface area contributed by atoms with Gasteiger partial charge >= 0.3 is 0 Å². The van der Waals surface area contributed by atoms with Crippen LogP contribution in [0.3, 0.4) is 0 Å². The minimum absolute atomic E-state index is 0.0347. The minimum Gasteiger partial charge on any atom is -0.493 e. The van der Waals surface area contributed by atoms with Gasteiger partial charge in [0.25, 0.3) is 0 Å². The third-order valence-corrected chi connectivity index (χ3v) is 3.66. The van der Waals surface area contributed by atoms with Gasteiger partial charge in [-0.25, -0.2) is 8.78 Å². The highest BCUT2D eigenvalue weighted by Crippen LogP contribution is 2.31. The van der Waals surface area contributed by atoms with Gasteiger partial charge < -0.3 is 15.4 Å². The van der Waals surface area contributed by atoms with E-state index < -0.39 is 11.6 Å². The summed E-state index contributed by atoms with van der Waals surface area (Å²) in [5, 5.41) is 5.49. The van der Waals surface area contributed by atoms with Crippen LogP contribution in [0.25, 0.3) is 0 Å². The van der Waals surface area contributed by atoms with E-state index >= 15 is 0 Å². The summed E-state index contributed by atoms with van der Waals surface area (Å²) in [6.45, 7) is 0.383. The number of para-hydroxylation sites is 1. The Kier molecular flexibility index (Phi) is 4.41. The number of hydrogen-bond donors (Lipinski definition) is 2. The number of fused-ring (bicyclic) bond motifs is 1. The molecule has 0 fully saturated rings. The van der Waals surface area contributed by atoms with Gasteiger partial charge in [-0.05, 0) is 24.3 Å². The zero-order valence-electron chi connectivity index (χ0n) is 12.3. The molecule has 23 heavy (non-hydrogen) atoms. The standard InChI is InChI=1S/C17H16F2N2O2/c18-11-5-6-13(19)15(9-11)20-10-17(22)21-14-7-8-23-16-4-2-1-3-12(14)16/h1-6,9,14,20H,7-8,10H2,(H,21,22). The first-order valence-electron chi connectivity index (χ1n) is 7.33. The smallest absolute Gasteiger partial charge is 0.239 e. The second-order valence-corrected chi connectivity index (χ2v) is 5.27. The summed E-state index contributed by atoms with van der Waals surface area (Å²) in [5.41, 5.74) is 0.886. The van der Waals surface area contributed by atoms with E-state index in [1.54, 1.807) is 0 Å². The molecule has 1 heterocycles. The van der Waals surface area contributed by atoms with Gasteiger partial charge in [0, 0.05) is 12.0 Å². The quantitative estimate of drug-likeness (QED) is 0.911. The van der Waals surface area contributed by atoms with Crippen LogP contribution >= 0.6 is 0 Å². The van der Waals surface area contributed by atoms with Crippen LogP contribution in [0.5, 0.6) is 5.75 Å². The van der Waals surface area contributed by atoms with E-state index in [1.807, 2.05) is 24.3 Å². The number of nitrogens with one attached hydrogen (secondary N) is 2. The number of benzene rings is 2. The van der Waals surface area contributed by atoms with Crippen LogP contribution in [-0.2, 0) is 4.79 Å². The molecule has 0 spiro atoms. The van der Waals surface area contributed by atoms with E-state index in [-0.39, 0.29) is 24.2 Å². The summed E-state index contributed by atoms with van der Waals surface area (Å²) >= 11 is 0. The van der Waals surface area contributed by atoms with Gasteiger partial charge in [-0.2, -0.15) is 0 Å². The van der Waals surface area contributed by atoms with Crippen LogP contribution in [0.2, 0.25) is 0 Å². The average molecular weight is 318 g/mol. The van der Waals surface area contributed by atoms with Crippen molar-refractivity contribution in [2.24, 2.45) is 0 Å². The van der Waals surface area contributed by atoms with Crippen LogP contribution in [0.15, 0.2) is 42.5 Å². The first-order valence-corrected chi connectivity index (χ1v) is 7.33. The van der Waals surface area contributed by atoms with Crippen LogP contribution in [0, 0.1) is 11.6 Å². The van der Waals surface area contributed by atoms with Crippen molar-refractivity contribution in [2.75, 3.05) is 18.5 Å². The summed E-state index contributed by atoms with van der Waals surface area (Å²) in [4.78, 5) is 12.1. The zero-order chi connectivity index (χ0) is 16.2. The molecule has 0 saturated heterocycles. The molecule has 1 aliphatic rings. The van der Waals surface area contributed by atoms with E-state index in [4.69, 9.17) is 4.74 Å². The van der Waals surface area contributed by atoms with E-state index in [2.05, 4.69) is 10.6 Å². The maximum atomic E-state index is 13.5. The lowest BCUT2D eigenvalue weighted by molar-refractivity contribution is -0.120. The third-order valence-electron chi connectivity index (χ3n) is 3.66. The number of ether oxygens (including phenoxy) is 1. The molecule has 4 nitrogen and oxygen atoms in total. The van der Waals surface area contributed by atoms with Gasteiger partial charge in [-0.1, -0.05) is 18.2 Å². The Labute approximate surface area is 132 Å². The first kappa shape index (κ1) is 15.3. The Hall–Kier alpha value is -2.63. The second-order valence-electron chi connectivity index (χ2n) is 5.27. The van der Waals surface area contributed by atoms with E-state index in [0.29, 0.717) is 13.0 Å². The molecule has 1 atom stereocenters. The molecule has 0 aliphatic carbocycles. The Balaban J connectivity index is 1.61. The molecular weight excluding hydrogens is 302 g/mol. The first-order chi connectivity index (χ1) is 11.1. The molecule has 2 aromatic carbocycles. The molecule has 6 heteroatoms. The molecule has 3 rings (SSSR count). The lowest BCUT2D eigenvalue weighted by Gasteiger charge is -2.26. The maximum Gasteiger partial charge on any atom is 0.239 e. The van der Waals surface area contributed by atoms with Crippen molar-refractivity contribution in [3.05, 3.63) is 59.7 Å². The number of amides is 1. The molecule has 0 saturated carbocycles. The monoisotopic (exact) mass is 318 g/mol. The highest BCUT2D eigenvalue weighted by atomic mass is 19.1. The van der Waals surface area contributed by atoms with E-state index in [9.17, 15) is 13.6 Å². The Morgan fingerprint density at radius 2 is 2.04 bits per heavy atom. The highest BCUT2D eigenvalue weighted by Gasteiger charge is 2.22. The summed E-state index contributed by atoms with van der Waals surface area (Å²) in [6, 6.07) is 10.4. The largest absolute Gasteiger partial charge is 0.493 e. The van der Waals surface area contributed by atoms with Crippen LogP contribution < -0.4 is 15.4 Å². The SMILES string of the molecule is O=C(CNc1cc(F)ccc1F)NC1CCOc2ccccc21. The van der Waals surface area contributed by atoms with Crippen LogP contribution in [0.1, 0.15) is 18.0 Å². The molecule has 1 aliphatic heterocycles. The van der Waals surface area contributed by atoms with Crippen LogP contribution in [0.4, 0.5) is 14.5 Å². The summed E-state index contributed by atoms with van der Waals surface area (Å²) in [6.07, 6.45) is 0.664. The predicted molar refractivity (Wildman–Crippen MR) is 82.3 cm³/mol. The number of hydrogen-bond acceptors (Lipinski definition) is 3. The summed E-state index contributed by atoms with van der Waals surface area (Å²) in [5.74, 6) is -0.702. The number of carbonyl (C=O) groups excluding carboxylic acids is 1. The van der Waals surface area contributed by atoms with E-state index in [0.717, 1.165) is 29.5 Å². The topological polar surface area (TPSA) is 50.4 Å². The van der Waals surface area contributed by atoms with Crippen molar-refractivity contribution in [1.82, 2.24) is 5.32 Å². The normalized spacial score (nSPS) is 16.2. The van der Waals surface area contributed by atoms with Crippen molar-refractivity contribution in [3.8, 4) is 5.75 Å². The third kappa shape index (κ3) is 3.59. The van der Waals surface area contributed by atoms with Gasteiger partial charge in [-0.3, -0.25) is 4.79 Å². The number of halogens is 2.